The van der Waals surface area contributed by atoms with E-state index in [-0.39, 0.29) is 18.9 Å². The van der Waals surface area contributed by atoms with E-state index in [4.69, 9.17) is 26.0 Å². The number of nitrogens with zero attached hydrogens (tertiary/aromatic N) is 2. The maximum Gasteiger partial charge on any atom is 0.312 e. The predicted molar refractivity (Wildman–Crippen MR) is 61.4 cm³/mol. The second kappa shape index (κ2) is 5.50. The molecule has 2 rings (SSSR count). The van der Waals surface area contributed by atoms with E-state index < -0.39 is 5.97 Å². The minimum Gasteiger partial charge on any atom is -0.485 e. The van der Waals surface area contributed by atoms with Gasteiger partial charge in [0.1, 0.15) is 12.2 Å². The fraction of sp³-hybridized carbons (Fsp3) is 0.182. The Kier molecular flexibility index (Phi) is 3.78. The molecular formula is C11H9ClN2O4. The molecule has 0 aliphatic carbocycles. The van der Waals surface area contributed by atoms with Gasteiger partial charge in [-0.1, -0.05) is 16.8 Å². The highest BCUT2D eigenvalue weighted by Crippen LogP contribution is 2.16. The quantitative estimate of drug-likeness (QED) is 0.892. The SMILES string of the molecule is O=C(O)Cc1nc(COc2ccc(Cl)cc2)no1. The van der Waals surface area contributed by atoms with E-state index >= 15 is 0 Å². The van der Waals surface area contributed by atoms with Gasteiger partial charge in [0.2, 0.25) is 11.7 Å². The number of carbonyl (C=O) groups is 1. The largest absolute Gasteiger partial charge is 0.485 e. The summed E-state index contributed by atoms with van der Waals surface area (Å²) in [6, 6.07) is 6.81. The van der Waals surface area contributed by atoms with Crippen LogP contribution in [-0.2, 0) is 17.8 Å². The molecule has 0 saturated heterocycles. The zero-order chi connectivity index (χ0) is 13.0. The maximum absolute atomic E-state index is 10.4. The summed E-state index contributed by atoms with van der Waals surface area (Å²) in [6.07, 6.45) is -0.298. The van der Waals surface area contributed by atoms with Crippen LogP contribution < -0.4 is 4.74 Å². The molecule has 0 atom stereocenters. The standard InChI is InChI=1S/C11H9ClN2O4/c12-7-1-3-8(4-2-7)17-6-9-13-10(18-14-9)5-11(15)16/h1-4H,5-6H2,(H,15,16). The van der Waals surface area contributed by atoms with Crippen LogP contribution in [0, 0.1) is 0 Å². The molecule has 0 unspecified atom stereocenters. The minimum absolute atomic E-state index is 0.0530. The number of aromatic nitrogens is 2. The highest BCUT2D eigenvalue weighted by Gasteiger charge is 2.10. The number of benzene rings is 1. The molecule has 6 nitrogen and oxygen atoms in total. The zero-order valence-electron chi connectivity index (χ0n) is 9.17. The summed E-state index contributed by atoms with van der Waals surface area (Å²) >= 11 is 5.73. The van der Waals surface area contributed by atoms with Crippen molar-refractivity contribution in [1.82, 2.24) is 10.1 Å². The van der Waals surface area contributed by atoms with Crippen LogP contribution in [0.2, 0.25) is 5.02 Å². The van der Waals surface area contributed by atoms with Crippen LogP contribution in [0.4, 0.5) is 0 Å². The van der Waals surface area contributed by atoms with Gasteiger partial charge in [0.15, 0.2) is 6.61 Å². The average molecular weight is 269 g/mol. The molecule has 1 heterocycles. The van der Waals surface area contributed by atoms with Crippen molar-refractivity contribution < 1.29 is 19.2 Å². The van der Waals surface area contributed by atoms with Crippen molar-refractivity contribution in [2.45, 2.75) is 13.0 Å². The number of aliphatic carboxylic acids is 1. The lowest BCUT2D eigenvalue weighted by Crippen LogP contribution is -2.01. The molecule has 0 amide bonds. The van der Waals surface area contributed by atoms with Gasteiger partial charge in [-0.3, -0.25) is 4.79 Å². The number of hydrogen-bond donors (Lipinski definition) is 1. The zero-order valence-corrected chi connectivity index (χ0v) is 9.92. The molecule has 0 aliphatic heterocycles. The molecule has 0 aliphatic rings. The van der Waals surface area contributed by atoms with E-state index in [0.717, 1.165) is 0 Å². The first kappa shape index (κ1) is 12.4. The third-order valence-electron chi connectivity index (χ3n) is 1.99. The van der Waals surface area contributed by atoms with Gasteiger partial charge < -0.3 is 14.4 Å². The average Bonchev–Trinajstić information content (AvgIpc) is 2.75. The first-order chi connectivity index (χ1) is 8.63. The van der Waals surface area contributed by atoms with E-state index in [1.807, 2.05) is 0 Å². The van der Waals surface area contributed by atoms with Crippen LogP contribution in [0.1, 0.15) is 11.7 Å². The van der Waals surface area contributed by atoms with Crippen molar-refractivity contribution in [3.05, 3.63) is 41.0 Å². The summed E-state index contributed by atoms with van der Waals surface area (Å²) in [5, 5.41) is 12.8. The highest BCUT2D eigenvalue weighted by molar-refractivity contribution is 6.30. The Morgan fingerprint density at radius 3 is 2.78 bits per heavy atom. The second-order valence-electron chi connectivity index (χ2n) is 3.42. The van der Waals surface area contributed by atoms with Crippen molar-refractivity contribution >= 4 is 17.6 Å². The second-order valence-corrected chi connectivity index (χ2v) is 3.85. The number of halogens is 1. The minimum atomic E-state index is -1.02. The van der Waals surface area contributed by atoms with E-state index in [9.17, 15) is 4.79 Å². The van der Waals surface area contributed by atoms with Gasteiger partial charge in [0.05, 0.1) is 0 Å². The van der Waals surface area contributed by atoms with Crippen LogP contribution >= 0.6 is 11.6 Å². The summed E-state index contributed by atoms with van der Waals surface area (Å²) in [7, 11) is 0. The number of rotatable bonds is 5. The van der Waals surface area contributed by atoms with Crippen molar-refractivity contribution in [2.75, 3.05) is 0 Å². The van der Waals surface area contributed by atoms with Crippen molar-refractivity contribution in [1.29, 1.82) is 0 Å². The topological polar surface area (TPSA) is 85.5 Å². The van der Waals surface area contributed by atoms with Gasteiger partial charge in [-0.05, 0) is 24.3 Å². The summed E-state index contributed by atoms with van der Waals surface area (Å²) in [6.45, 7) is 0.102. The predicted octanol–water partition coefficient (Wildman–Crippen LogP) is 1.93. The Bertz CT molecular complexity index is 538. The van der Waals surface area contributed by atoms with Gasteiger partial charge in [-0.25, -0.2) is 0 Å². The molecule has 0 radical (unpaired) electrons. The van der Waals surface area contributed by atoms with Gasteiger partial charge >= 0.3 is 5.97 Å². The lowest BCUT2D eigenvalue weighted by atomic mass is 10.3. The normalized spacial score (nSPS) is 10.3. The monoisotopic (exact) mass is 268 g/mol. The lowest BCUT2D eigenvalue weighted by Gasteiger charge is -2.02. The number of ether oxygens (including phenoxy) is 1. The molecule has 7 heteroatoms. The van der Waals surface area contributed by atoms with Crippen LogP contribution in [0.15, 0.2) is 28.8 Å². The molecule has 1 aromatic heterocycles. The summed E-state index contributed by atoms with van der Waals surface area (Å²) in [5.74, 6) is -0.0637. The van der Waals surface area contributed by atoms with Gasteiger partial charge in [0, 0.05) is 5.02 Å². The molecule has 1 aromatic carbocycles. The van der Waals surface area contributed by atoms with Gasteiger partial charge in [-0.2, -0.15) is 4.98 Å². The Balaban J connectivity index is 1.92. The van der Waals surface area contributed by atoms with Gasteiger partial charge in [-0.15, -0.1) is 0 Å². The Morgan fingerprint density at radius 1 is 1.39 bits per heavy atom. The first-order valence-corrected chi connectivity index (χ1v) is 5.43. The summed E-state index contributed by atoms with van der Waals surface area (Å²) in [5.41, 5.74) is 0. The molecule has 0 saturated carbocycles. The first-order valence-electron chi connectivity index (χ1n) is 5.05. The number of hydrogen-bond acceptors (Lipinski definition) is 5. The van der Waals surface area contributed by atoms with Crippen LogP contribution in [0.3, 0.4) is 0 Å². The molecule has 0 bridgehead atoms. The summed E-state index contributed by atoms with van der Waals surface area (Å²) < 4.78 is 10.1. The number of carboxylic acid groups (broad SMARTS) is 1. The molecular weight excluding hydrogens is 260 g/mol. The highest BCUT2D eigenvalue weighted by atomic mass is 35.5. The molecule has 94 valence electrons. The van der Waals surface area contributed by atoms with Crippen LogP contribution in [0.25, 0.3) is 0 Å². The van der Waals surface area contributed by atoms with Crippen molar-refractivity contribution in [2.24, 2.45) is 0 Å². The maximum atomic E-state index is 10.4. The van der Waals surface area contributed by atoms with E-state index in [0.29, 0.717) is 16.6 Å². The molecule has 1 N–H and O–H groups in total. The van der Waals surface area contributed by atoms with E-state index in [1.54, 1.807) is 24.3 Å². The fourth-order valence-electron chi connectivity index (χ4n) is 1.23. The molecule has 2 aromatic rings. The Labute approximate surface area is 107 Å². The van der Waals surface area contributed by atoms with Crippen LogP contribution in [0.5, 0.6) is 5.75 Å². The lowest BCUT2D eigenvalue weighted by molar-refractivity contribution is -0.136. The fourth-order valence-corrected chi connectivity index (χ4v) is 1.35. The third-order valence-corrected chi connectivity index (χ3v) is 2.25. The third kappa shape index (κ3) is 3.46. The van der Waals surface area contributed by atoms with E-state index in [2.05, 4.69) is 10.1 Å². The Morgan fingerprint density at radius 2 is 2.11 bits per heavy atom. The van der Waals surface area contributed by atoms with Crippen molar-refractivity contribution in [3.8, 4) is 5.75 Å². The van der Waals surface area contributed by atoms with Crippen molar-refractivity contribution in [3.63, 3.8) is 0 Å². The molecule has 0 fully saturated rings. The smallest absolute Gasteiger partial charge is 0.312 e. The summed E-state index contributed by atoms with van der Waals surface area (Å²) in [4.78, 5) is 14.3. The van der Waals surface area contributed by atoms with Gasteiger partial charge in [0.25, 0.3) is 0 Å². The molecule has 0 spiro atoms. The van der Waals surface area contributed by atoms with E-state index in [1.165, 1.54) is 0 Å². The number of carboxylic acids is 1. The Hall–Kier alpha value is -2.08. The van der Waals surface area contributed by atoms with Crippen LogP contribution in [-0.4, -0.2) is 21.2 Å². The molecule has 18 heavy (non-hydrogen) atoms.